The van der Waals surface area contributed by atoms with Crippen LogP contribution in [-0.4, -0.2) is 30.1 Å². The lowest BCUT2D eigenvalue weighted by Gasteiger charge is -2.09. The van der Waals surface area contributed by atoms with Gasteiger partial charge in [0.2, 0.25) is 0 Å². The van der Waals surface area contributed by atoms with Crippen molar-refractivity contribution in [2.24, 2.45) is 5.73 Å². The Kier molecular flexibility index (Phi) is 8.24. The summed E-state index contributed by atoms with van der Waals surface area (Å²) in [5, 5.41) is 0. The first-order valence-corrected chi connectivity index (χ1v) is 5.87. The fraction of sp³-hybridized carbons (Fsp3) is 0.889. The van der Waals surface area contributed by atoms with Gasteiger partial charge in [-0.1, -0.05) is 6.92 Å². The number of carbonyl (C=O) groups is 1. The summed E-state index contributed by atoms with van der Waals surface area (Å²) in [6.07, 6.45) is 1.88. The van der Waals surface area contributed by atoms with Crippen LogP contribution in [0.2, 0.25) is 0 Å². The molecule has 0 aromatic carbocycles. The molecule has 13 heavy (non-hydrogen) atoms. The molecule has 0 radical (unpaired) electrons. The van der Waals surface area contributed by atoms with Crippen LogP contribution in [0.5, 0.6) is 0 Å². The molecular weight excluding hydrogens is 186 g/mol. The van der Waals surface area contributed by atoms with E-state index in [4.69, 9.17) is 10.5 Å². The molecule has 1 atom stereocenters. The third kappa shape index (κ3) is 6.90. The summed E-state index contributed by atoms with van der Waals surface area (Å²) >= 11 is 1.83. The van der Waals surface area contributed by atoms with E-state index in [2.05, 4.69) is 6.92 Å². The van der Waals surface area contributed by atoms with E-state index in [1.54, 1.807) is 6.92 Å². The maximum atomic E-state index is 11.1. The summed E-state index contributed by atoms with van der Waals surface area (Å²) in [7, 11) is 0. The Morgan fingerprint density at radius 1 is 1.46 bits per heavy atom. The van der Waals surface area contributed by atoms with Crippen LogP contribution in [0.3, 0.4) is 0 Å². The largest absolute Gasteiger partial charge is 0.465 e. The molecule has 0 fully saturated rings. The molecule has 0 rings (SSSR count). The zero-order chi connectivity index (χ0) is 10.1. The summed E-state index contributed by atoms with van der Waals surface area (Å²) in [5.74, 6) is 1.79. The summed E-state index contributed by atoms with van der Waals surface area (Å²) < 4.78 is 4.79. The highest BCUT2D eigenvalue weighted by Crippen LogP contribution is 2.06. The van der Waals surface area contributed by atoms with Crippen LogP contribution in [0, 0.1) is 0 Å². The number of thioether (sulfide) groups is 1. The first-order chi connectivity index (χ1) is 6.22. The Bertz CT molecular complexity index is 142. The average Bonchev–Trinajstić information content (AvgIpc) is 2.12. The minimum atomic E-state index is -0.440. The zero-order valence-corrected chi connectivity index (χ0v) is 9.23. The molecular formula is C9H19NO2S. The molecule has 0 aliphatic rings. The lowest BCUT2D eigenvalue weighted by molar-refractivity contribution is -0.144. The van der Waals surface area contributed by atoms with Crippen molar-refractivity contribution >= 4 is 17.7 Å². The van der Waals surface area contributed by atoms with E-state index in [1.807, 2.05) is 11.8 Å². The predicted molar refractivity (Wildman–Crippen MR) is 56.8 cm³/mol. The zero-order valence-electron chi connectivity index (χ0n) is 8.41. The van der Waals surface area contributed by atoms with Gasteiger partial charge in [0.25, 0.3) is 0 Å². The minimum absolute atomic E-state index is 0.278. The van der Waals surface area contributed by atoms with E-state index in [-0.39, 0.29) is 5.97 Å². The van der Waals surface area contributed by atoms with Crippen molar-refractivity contribution in [2.75, 3.05) is 18.1 Å². The van der Waals surface area contributed by atoms with Crippen LogP contribution in [-0.2, 0) is 9.53 Å². The van der Waals surface area contributed by atoms with Gasteiger partial charge >= 0.3 is 5.97 Å². The Hall–Kier alpha value is -0.220. The van der Waals surface area contributed by atoms with Gasteiger partial charge in [-0.15, -0.1) is 0 Å². The number of rotatable bonds is 7. The predicted octanol–water partition coefficient (Wildman–Crippen LogP) is 1.41. The summed E-state index contributed by atoms with van der Waals surface area (Å²) in [5.41, 5.74) is 5.60. The van der Waals surface area contributed by atoms with Gasteiger partial charge in [-0.25, -0.2) is 0 Å². The number of hydrogen-bond acceptors (Lipinski definition) is 4. The van der Waals surface area contributed by atoms with E-state index in [9.17, 15) is 4.79 Å². The van der Waals surface area contributed by atoms with Crippen LogP contribution in [0.4, 0.5) is 0 Å². The van der Waals surface area contributed by atoms with Crippen molar-refractivity contribution < 1.29 is 9.53 Å². The molecule has 0 amide bonds. The molecule has 0 aliphatic carbocycles. The standard InChI is InChI=1S/C9H19NO2S/c1-3-6-13-7-5-8(10)9(11)12-4-2/h8H,3-7,10H2,1-2H3. The smallest absolute Gasteiger partial charge is 0.322 e. The number of ether oxygens (including phenoxy) is 1. The van der Waals surface area contributed by atoms with Gasteiger partial charge in [0.1, 0.15) is 6.04 Å². The lowest BCUT2D eigenvalue weighted by atomic mass is 10.2. The van der Waals surface area contributed by atoms with E-state index >= 15 is 0 Å². The third-order valence-electron chi connectivity index (χ3n) is 1.51. The van der Waals surface area contributed by atoms with Crippen LogP contribution in [0.15, 0.2) is 0 Å². The number of nitrogens with two attached hydrogens (primary N) is 1. The average molecular weight is 205 g/mol. The second-order valence-electron chi connectivity index (χ2n) is 2.76. The molecule has 0 bridgehead atoms. The molecule has 0 saturated heterocycles. The Balaban J connectivity index is 3.38. The molecule has 3 nitrogen and oxygen atoms in total. The SMILES string of the molecule is CCCSCCC(N)C(=O)OCC. The van der Waals surface area contributed by atoms with Crippen LogP contribution < -0.4 is 5.73 Å². The molecule has 2 N–H and O–H groups in total. The van der Waals surface area contributed by atoms with Crippen LogP contribution >= 0.6 is 11.8 Å². The van der Waals surface area contributed by atoms with Crippen molar-refractivity contribution in [1.29, 1.82) is 0 Å². The van der Waals surface area contributed by atoms with Crippen molar-refractivity contribution in [3.8, 4) is 0 Å². The van der Waals surface area contributed by atoms with Crippen molar-refractivity contribution in [3.63, 3.8) is 0 Å². The monoisotopic (exact) mass is 205 g/mol. The second kappa shape index (κ2) is 8.38. The maximum Gasteiger partial charge on any atom is 0.322 e. The molecule has 1 unspecified atom stereocenters. The Labute approximate surface area is 84.4 Å². The first-order valence-electron chi connectivity index (χ1n) is 4.72. The fourth-order valence-corrected chi connectivity index (χ4v) is 1.74. The number of carbonyl (C=O) groups excluding carboxylic acids is 1. The third-order valence-corrected chi connectivity index (χ3v) is 2.73. The molecule has 0 saturated carbocycles. The lowest BCUT2D eigenvalue weighted by Crippen LogP contribution is -2.32. The van der Waals surface area contributed by atoms with E-state index < -0.39 is 6.04 Å². The number of esters is 1. The topological polar surface area (TPSA) is 52.3 Å². The van der Waals surface area contributed by atoms with Crippen LogP contribution in [0.25, 0.3) is 0 Å². The maximum absolute atomic E-state index is 11.1. The fourth-order valence-electron chi connectivity index (χ4n) is 0.824. The Morgan fingerprint density at radius 2 is 2.15 bits per heavy atom. The molecule has 78 valence electrons. The van der Waals surface area contributed by atoms with Gasteiger partial charge in [-0.2, -0.15) is 11.8 Å². The van der Waals surface area contributed by atoms with Crippen molar-refractivity contribution in [2.45, 2.75) is 32.7 Å². The normalized spacial score (nSPS) is 12.5. The molecule has 0 aromatic rings. The summed E-state index contributed by atoms with van der Waals surface area (Å²) in [6, 6.07) is -0.440. The summed E-state index contributed by atoms with van der Waals surface area (Å²) in [6.45, 7) is 4.34. The highest BCUT2D eigenvalue weighted by Gasteiger charge is 2.13. The van der Waals surface area contributed by atoms with Crippen molar-refractivity contribution in [3.05, 3.63) is 0 Å². The van der Waals surface area contributed by atoms with Crippen molar-refractivity contribution in [1.82, 2.24) is 0 Å². The first kappa shape index (κ1) is 12.8. The highest BCUT2D eigenvalue weighted by molar-refractivity contribution is 7.99. The van der Waals surface area contributed by atoms with Gasteiger partial charge in [0.15, 0.2) is 0 Å². The number of hydrogen-bond donors (Lipinski definition) is 1. The van der Waals surface area contributed by atoms with E-state index in [1.165, 1.54) is 6.42 Å². The highest BCUT2D eigenvalue weighted by atomic mass is 32.2. The van der Waals surface area contributed by atoms with Gasteiger partial charge in [-0.05, 0) is 31.3 Å². The molecule has 4 heteroatoms. The van der Waals surface area contributed by atoms with Gasteiger partial charge in [0.05, 0.1) is 6.61 Å². The summed E-state index contributed by atoms with van der Waals surface area (Å²) in [4.78, 5) is 11.1. The molecule has 0 aliphatic heterocycles. The minimum Gasteiger partial charge on any atom is -0.465 e. The van der Waals surface area contributed by atoms with E-state index in [0.29, 0.717) is 13.0 Å². The van der Waals surface area contributed by atoms with E-state index in [0.717, 1.165) is 11.5 Å². The van der Waals surface area contributed by atoms with Gasteiger partial charge in [-0.3, -0.25) is 4.79 Å². The second-order valence-corrected chi connectivity index (χ2v) is 3.98. The van der Waals surface area contributed by atoms with Gasteiger partial charge in [0, 0.05) is 0 Å². The van der Waals surface area contributed by atoms with Gasteiger partial charge < -0.3 is 10.5 Å². The Morgan fingerprint density at radius 3 is 2.69 bits per heavy atom. The van der Waals surface area contributed by atoms with Crippen LogP contribution in [0.1, 0.15) is 26.7 Å². The quantitative estimate of drug-likeness (QED) is 0.504. The molecule has 0 heterocycles. The molecule has 0 aromatic heterocycles. The molecule has 0 spiro atoms.